The van der Waals surface area contributed by atoms with Gasteiger partial charge in [-0.15, -0.1) is 5.10 Å². The SMILES string of the molecule is CC(C)(C)n1nnnc1SCC(=O)NCCc1ccc(OC(F)F)cc1. The summed E-state index contributed by atoms with van der Waals surface area (Å²) < 4.78 is 30.1. The van der Waals surface area contributed by atoms with E-state index in [4.69, 9.17) is 0 Å². The molecule has 0 spiro atoms. The van der Waals surface area contributed by atoms with Crippen LogP contribution in [0.2, 0.25) is 0 Å². The fourth-order valence-corrected chi connectivity index (χ4v) is 2.94. The van der Waals surface area contributed by atoms with Crippen molar-refractivity contribution in [3.8, 4) is 5.75 Å². The maximum absolute atomic E-state index is 12.1. The van der Waals surface area contributed by atoms with Crippen LogP contribution in [0.3, 0.4) is 0 Å². The highest BCUT2D eigenvalue weighted by Gasteiger charge is 2.20. The Morgan fingerprint density at radius 2 is 2.00 bits per heavy atom. The molecule has 0 aliphatic rings. The molecule has 1 amide bonds. The summed E-state index contributed by atoms with van der Waals surface area (Å²) in [5.74, 6) is 0.189. The maximum Gasteiger partial charge on any atom is 0.387 e. The number of rotatable bonds is 8. The van der Waals surface area contributed by atoms with Gasteiger partial charge in [0.25, 0.3) is 0 Å². The fraction of sp³-hybridized carbons (Fsp3) is 0.500. The van der Waals surface area contributed by atoms with Gasteiger partial charge in [-0.3, -0.25) is 4.79 Å². The van der Waals surface area contributed by atoms with Gasteiger partial charge in [-0.1, -0.05) is 23.9 Å². The van der Waals surface area contributed by atoms with E-state index in [9.17, 15) is 13.6 Å². The monoisotopic (exact) mass is 385 g/mol. The lowest BCUT2D eigenvalue weighted by Crippen LogP contribution is -2.28. The number of nitrogens with zero attached hydrogens (tertiary/aromatic N) is 4. The van der Waals surface area contributed by atoms with Crippen molar-refractivity contribution in [1.29, 1.82) is 0 Å². The van der Waals surface area contributed by atoms with Gasteiger partial charge in [-0.05, 0) is 55.3 Å². The first kappa shape index (κ1) is 20.1. The van der Waals surface area contributed by atoms with E-state index in [1.165, 1.54) is 23.9 Å². The van der Waals surface area contributed by atoms with Crippen LogP contribution in [-0.4, -0.2) is 45.0 Å². The Labute approximate surface area is 154 Å². The van der Waals surface area contributed by atoms with Crippen LogP contribution in [-0.2, 0) is 16.8 Å². The molecule has 0 fully saturated rings. The molecular formula is C16H21F2N5O2S. The Bertz CT molecular complexity index is 716. The van der Waals surface area contributed by atoms with E-state index >= 15 is 0 Å². The third-order valence-corrected chi connectivity index (χ3v) is 4.21. The number of carbonyl (C=O) groups excluding carboxylic acids is 1. The van der Waals surface area contributed by atoms with Gasteiger partial charge >= 0.3 is 6.61 Å². The van der Waals surface area contributed by atoms with Gasteiger partial charge in [-0.25, -0.2) is 4.68 Å². The Balaban J connectivity index is 1.73. The minimum atomic E-state index is -2.84. The molecule has 2 rings (SSSR count). The topological polar surface area (TPSA) is 81.9 Å². The van der Waals surface area contributed by atoms with E-state index < -0.39 is 6.61 Å². The van der Waals surface area contributed by atoms with Crippen molar-refractivity contribution >= 4 is 17.7 Å². The summed E-state index contributed by atoms with van der Waals surface area (Å²) in [5, 5.41) is 14.9. The van der Waals surface area contributed by atoms with Gasteiger partial charge in [0, 0.05) is 6.54 Å². The summed E-state index contributed by atoms with van der Waals surface area (Å²) >= 11 is 1.27. The predicted molar refractivity (Wildman–Crippen MR) is 93.3 cm³/mol. The number of aromatic nitrogens is 4. The third-order valence-electron chi connectivity index (χ3n) is 3.29. The largest absolute Gasteiger partial charge is 0.435 e. The lowest BCUT2D eigenvalue weighted by molar-refractivity contribution is -0.118. The molecule has 0 aliphatic carbocycles. The zero-order chi connectivity index (χ0) is 19.2. The van der Waals surface area contributed by atoms with E-state index in [-0.39, 0.29) is 22.9 Å². The van der Waals surface area contributed by atoms with Crippen LogP contribution in [0.4, 0.5) is 8.78 Å². The van der Waals surface area contributed by atoms with Gasteiger partial charge < -0.3 is 10.1 Å². The highest BCUT2D eigenvalue weighted by Crippen LogP contribution is 2.21. The highest BCUT2D eigenvalue weighted by molar-refractivity contribution is 7.99. The molecular weight excluding hydrogens is 364 g/mol. The van der Waals surface area contributed by atoms with Gasteiger partial charge in [0.2, 0.25) is 11.1 Å². The molecule has 7 nitrogen and oxygen atoms in total. The van der Waals surface area contributed by atoms with Crippen molar-refractivity contribution in [3.63, 3.8) is 0 Å². The second kappa shape index (κ2) is 8.93. The molecule has 0 radical (unpaired) electrons. The van der Waals surface area contributed by atoms with Crippen LogP contribution in [0.25, 0.3) is 0 Å². The molecule has 0 unspecified atom stereocenters. The van der Waals surface area contributed by atoms with Crippen molar-refractivity contribution in [2.45, 2.75) is 44.5 Å². The van der Waals surface area contributed by atoms with Crippen molar-refractivity contribution in [1.82, 2.24) is 25.5 Å². The van der Waals surface area contributed by atoms with Crippen LogP contribution in [0, 0.1) is 0 Å². The number of thioether (sulfide) groups is 1. The molecule has 0 aliphatic heterocycles. The molecule has 0 saturated carbocycles. The summed E-state index contributed by atoms with van der Waals surface area (Å²) in [6, 6.07) is 6.34. The number of ether oxygens (including phenoxy) is 1. The number of amides is 1. The normalized spacial score (nSPS) is 11.6. The first-order valence-electron chi connectivity index (χ1n) is 7.98. The zero-order valence-electron chi connectivity index (χ0n) is 14.8. The van der Waals surface area contributed by atoms with E-state index in [1.807, 2.05) is 20.8 Å². The summed E-state index contributed by atoms with van der Waals surface area (Å²) in [6.07, 6.45) is 0.588. The van der Waals surface area contributed by atoms with Crippen molar-refractivity contribution in [3.05, 3.63) is 29.8 Å². The lowest BCUT2D eigenvalue weighted by Gasteiger charge is -2.19. The number of carbonyl (C=O) groups is 1. The van der Waals surface area contributed by atoms with Gasteiger partial charge in [0.05, 0.1) is 11.3 Å². The maximum atomic E-state index is 12.1. The summed E-state index contributed by atoms with van der Waals surface area (Å²) in [5.41, 5.74) is 0.652. The molecule has 2 aromatic rings. The first-order chi connectivity index (χ1) is 12.3. The molecule has 0 bridgehead atoms. The predicted octanol–water partition coefficient (Wildman–Crippen LogP) is 2.48. The summed E-state index contributed by atoms with van der Waals surface area (Å²) in [7, 11) is 0. The van der Waals surface area contributed by atoms with Crippen LogP contribution in [0.1, 0.15) is 26.3 Å². The Hall–Kier alpha value is -2.23. The quantitative estimate of drug-likeness (QED) is 0.703. The average molecular weight is 385 g/mol. The molecule has 1 aromatic heterocycles. The Morgan fingerprint density at radius 3 is 2.62 bits per heavy atom. The molecule has 1 heterocycles. The number of tetrazole rings is 1. The van der Waals surface area contributed by atoms with Gasteiger partial charge in [0.1, 0.15) is 5.75 Å². The number of nitrogens with one attached hydrogen (secondary N) is 1. The molecule has 142 valence electrons. The van der Waals surface area contributed by atoms with Crippen LogP contribution < -0.4 is 10.1 Å². The molecule has 0 atom stereocenters. The standard InChI is InChI=1S/C16H21F2N5O2S/c1-16(2,3)23-15(20-21-22-23)26-10-13(24)19-9-8-11-4-6-12(7-5-11)25-14(17)18/h4-7,14H,8-10H2,1-3H3,(H,19,24). The molecule has 1 aromatic carbocycles. The van der Waals surface area contributed by atoms with E-state index in [0.717, 1.165) is 5.56 Å². The van der Waals surface area contributed by atoms with E-state index in [1.54, 1.807) is 16.8 Å². The van der Waals surface area contributed by atoms with E-state index in [2.05, 4.69) is 25.6 Å². The number of hydrogen-bond acceptors (Lipinski definition) is 6. The molecule has 10 heteroatoms. The number of hydrogen-bond donors (Lipinski definition) is 1. The minimum Gasteiger partial charge on any atom is -0.435 e. The highest BCUT2D eigenvalue weighted by atomic mass is 32.2. The van der Waals surface area contributed by atoms with Gasteiger partial charge in [-0.2, -0.15) is 8.78 Å². The van der Waals surface area contributed by atoms with Crippen LogP contribution in [0.15, 0.2) is 29.4 Å². The number of benzene rings is 1. The second-order valence-electron chi connectivity index (χ2n) is 6.46. The van der Waals surface area contributed by atoms with Crippen molar-refractivity contribution in [2.75, 3.05) is 12.3 Å². The van der Waals surface area contributed by atoms with Crippen LogP contribution in [0.5, 0.6) is 5.75 Å². The fourth-order valence-electron chi connectivity index (χ4n) is 2.05. The lowest BCUT2D eigenvalue weighted by atomic mass is 10.1. The average Bonchev–Trinajstić information content (AvgIpc) is 3.03. The van der Waals surface area contributed by atoms with Crippen molar-refractivity contribution in [2.24, 2.45) is 0 Å². The third kappa shape index (κ3) is 6.25. The van der Waals surface area contributed by atoms with Gasteiger partial charge in [0.15, 0.2) is 0 Å². The van der Waals surface area contributed by atoms with Crippen molar-refractivity contribution < 1.29 is 18.3 Å². The zero-order valence-corrected chi connectivity index (χ0v) is 15.6. The molecule has 1 N–H and O–H groups in total. The minimum absolute atomic E-state index is 0.112. The summed E-state index contributed by atoms with van der Waals surface area (Å²) in [6.45, 7) is 3.54. The smallest absolute Gasteiger partial charge is 0.387 e. The Morgan fingerprint density at radius 1 is 1.31 bits per heavy atom. The van der Waals surface area contributed by atoms with E-state index in [0.29, 0.717) is 18.1 Å². The molecule has 26 heavy (non-hydrogen) atoms. The number of alkyl halides is 2. The first-order valence-corrected chi connectivity index (χ1v) is 8.96. The Kier molecular flexibility index (Phi) is 6.90. The van der Waals surface area contributed by atoms with Crippen LogP contribution >= 0.6 is 11.8 Å². The number of halogens is 2. The molecule has 0 saturated heterocycles. The summed E-state index contributed by atoms with van der Waals surface area (Å²) in [4.78, 5) is 12.0. The second-order valence-corrected chi connectivity index (χ2v) is 7.40.